The van der Waals surface area contributed by atoms with Crippen molar-refractivity contribution < 1.29 is 4.74 Å². The van der Waals surface area contributed by atoms with Gasteiger partial charge in [-0.1, -0.05) is 48.5 Å². The zero-order valence-electron chi connectivity index (χ0n) is 12.0. The quantitative estimate of drug-likeness (QED) is 0.490. The highest BCUT2D eigenvalue weighted by molar-refractivity contribution is 5.88. The summed E-state index contributed by atoms with van der Waals surface area (Å²) in [6.45, 7) is 0. The van der Waals surface area contributed by atoms with Gasteiger partial charge in [-0.25, -0.2) is 0 Å². The smallest absolute Gasteiger partial charge is 0.153 e. The van der Waals surface area contributed by atoms with Gasteiger partial charge in [0.05, 0.1) is 11.7 Å². The Hall–Kier alpha value is -3.00. The van der Waals surface area contributed by atoms with E-state index in [4.69, 9.17) is 4.74 Å². The molecular formula is C20H15NO. The lowest BCUT2D eigenvalue weighted by Crippen LogP contribution is -1.90. The second kappa shape index (κ2) is 5.41. The Morgan fingerprint density at radius 2 is 1.27 bits per heavy atom. The minimum atomic E-state index is 0.846. The Labute approximate surface area is 129 Å². The number of hydrogen-bond acceptors (Lipinski definition) is 1. The molecule has 4 rings (SSSR count). The molecule has 0 spiro atoms. The Balaban J connectivity index is 1.86. The standard InChI is InChI=1S/C20H15NO/c1-3-9-16(10-4-1)21-15-20(18-13-7-8-14-19(18)21)22-17-11-5-2-6-12-17/h1-15H. The van der Waals surface area contributed by atoms with Crippen LogP contribution in [0, 0.1) is 0 Å². The highest BCUT2D eigenvalue weighted by Gasteiger charge is 2.10. The van der Waals surface area contributed by atoms with Crippen LogP contribution in [-0.4, -0.2) is 4.57 Å². The molecule has 0 atom stereocenters. The van der Waals surface area contributed by atoms with Crippen molar-refractivity contribution >= 4 is 10.9 Å². The van der Waals surface area contributed by atoms with Crippen molar-refractivity contribution in [2.45, 2.75) is 0 Å². The summed E-state index contributed by atoms with van der Waals surface area (Å²) in [6, 6.07) is 28.5. The Morgan fingerprint density at radius 1 is 0.636 bits per heavy atom. The van der Waals surface area contributed by atoms with Crippen LogP contribution in [0.5, 0.6) is 11.5 Å². The molecule has 0 amide bonds. The third kappa shape index (κ3) is 2.25. The summed E-state index contributed by atoms with van der Waals surface area (Å²) >= 11 is 0. The fourth-order valence-electron chi connectivity index (χ4n) is 2.65. The van der Waals surface area contributed by atoms with Gasteiger partial charge in [-0.05, 0) is 36.4 Å². The molecule has 1 heterocycles. The molecule has 0 aliphatic carbocycles. The molecule has 0 aliphatic rings. The first-order chi connectivity index (χ1) is 10.9. The zero-order valence-corrected chi connectivity index (χ0v) is 12.0. The number of rotatable bonds is 3. The zero-order chi connectivity index (χ0) is 14.8. The molecule has 2 nitrogen and oxygen atoms in total. The van der Waals surface area contributed by atoms with Gasteiger partial charge in [-0.2, -0.15) is 0 Å². The van der Waals surface area contributed by atoms with Crippen molar-refractivity contribution in [1.29, 1.82) is 0 Å². The van der Waals surface area contributed by atoms with Crippen LogP contribution in [0.4, 0.5) is 0 Å². The predicted molar refractivity (Wildman–Crippen MR) is 89.8 cm³/mol. The number of para-hydroxylation sites is 3. The van der Waals surface area contributed by atoms with Crippen LogP contribution in [0.2, 0.25) is 0 Å². The first-order valence-electron chi connectivity index (χ1n) is 7.30. The molecule has 0 fully saturated rings. The minimum Gasteiger partial charge on any atom is -0.455 e. The first-order valence-corrected chi connectivity index (χ1v) is 7.30. The summed E-state index contributed by atoms with van der Waals surface area (Å²) < 4.78 is 8.23. The fraction of sp³-hybridized carbons (Fsp3) is 0. The van der Waals surface area contributed by atoms with Crippen molar-refractivity contribution in [2.24, 2.45) is 0 Å². The molecule has 0 N–H and O–H groups in total. The summed E-state index contributed by atoms with van der Waals surface area (Å²) in [5.74, 6) is 1.71. The SMILES string of the molecule is c1ccc(Oc2cn(-c3ccccc3)c3ccccc23)cc1. The van der Waals surface area contributed by atoms with E-state index in [-0.39, 0.29) is 0 Å². The molecular weight excluding hydrogens is 270 g/mol. The van der Waals surface area contributed by atoms with Crippen molar-refractivity contribution in [3.8, 4) is 17.2 Å². The molecule has 0 saturated carbocycles. The maximum Gasteiger partial charge on any atom is 0.153 e. The van der Waals surface area contributed by atoms with Gasteiger partial charge in [0.2, 0.25) is 0 Å². The van der Waals surface area contributed by atoms with Crippen LogP contribution in [0.15, 0.2) is 91.1 Å². The molecule has 1 aromatic heterocycles. The van der Waals surface area contributed by atoms with Gasteiger partial charge in [0.25, 0.3) is 0 Å². The normalized spacial score (nSPS) is 10.7. The van der Waals surface area contributed by atoms with Gasteiger partial charge in [0, 0.05) is 11.1 Å². The van der Waals surface area contributed by atoms with E-state index in [2.05, 4.69) is 28.8 Å². The number of nitrogens with zero attached hydrogens (tertiary/aromatic N) is 1. The number of hydrogen-bond donors (Lipinski definition) is 0. The second-order valence-corrected chi connectivity index (χ2v) is 5.13. The Bertz CT molecular complexity index is 895. The monoisotopic (exact) mass is 285 g/mol. The minimum absolute atomic E-state index is 0.846. The predicted octanol–water partition coefficient (Wildman–Crippen LogP) is 5.42. The summed E-state index contributed by atoms with van der Waals surface area (Å²) in [4.78, 5) is 0. The maximum atomic E-state index is 6.07. The van der Waals surface area contributed by atoms with Gasteiger partial charge in [-0.3, -0.25) is 0 Å². The van der Waals surface area contributed by atoms with E-state index in [1.165, 1.54) is 0 Å². The maximum absolute atomic E-state index is 6.07. The molecule has 22 heavy (non-hydrogen) atoms. The van der Waals surface area contributed by atoms with E-state index < -0.39 is 0 Å². The fourth-order valence-corrected chi connectivity index (χ4v) is 2.65. The molecule has 106 valence electrons. The summed E-state index contributed by atoms with van der Waals surface area (Å²) in [6.07, 6.45) is 2.05. The molecule has 0 saturated heterocycles. The molecule has 2 heteroatoms. The van der Waals surface area contributed by atoms with Crippen molar-refractivity contribution in [3.63, 3.8) is 0 Å². The third-order valence-electron chi connectivity index (χ3n) is 3.68. The van der Waals surface area contributed by atoms with E-state index in [0.717, 1.165) is 28.1 Å². The average molecular weight is 285 g/mol. The molecule has 0 aliphatic heterocycles. The van der Waals surface area contributed by atoms with Crippen LogP contribution >= 0.6 is 0 Å². The highest BCUT2D eigenvalue weighted by Crippen LogP contribution is 2.33. The van der Waals surface area contributed by atoms with Gasteiger partial charge in [-0.15, -0.1) is 0 Å². The van der Waals surface area contributed by atoms with Crippen LogP contribution in [0.25, 0.3) is 16.6 Å². The van der Waals surface area contributed by atoms with Crippen LogP contribution in [0.1, 0.15) is 0 Å². The average Bonchev–Trinajstić information content (AvgIpc) is 2.96. The lowest BCUT2D eigenvalue weighted by Gasteiger charge is -2.04. The number of aromatic nitrogens is 1. The first kappa shape index (κ1) is 12.7. The van der Waals surface area contributed by atoms with Crippen LogP contribution in [0.3, 0.4) is 0 Å². The molecule has 3 aromatic carbocycles. The summed E-state index contributed by atoms with van der Waals surface area (Å²) in [5, 5.41) is 1.11. The lowest BCUT2D eigenvalue weighted by atomic mass is 10.2. The van der Waals surface area contributed by atoms with Crippen molar-refractivity contribution in [1.82, 2.24) is 4.57 Å². The largest absolute Gasteiger partial charge is 0.455 e. The molecule has 0 unspecified atom stereocenters. The van der Waals surface area contributed by atoms with Gasteiger partial charge >= 0.3 is 0 Å². The van der Waals surface area contributed by atoms with E-state index in [1.807, 2.05) is 66.9 Å². The van der Waals surface area contributed by atoms with Crippen LogP contribution < -0.4 is 4.74 Å². The van der Waals surface area contributed by atoms with Crippen LogP contribution in [-0.2, 0) is 0 Å². The number of fused-ring (bicyclic) bond motifs is 1. The topological polar surface area (TPSA) is 14.2 Å². The van der Waals surface area contributed by atoms with E-state index in [9.17, 15) is 0 Å². The van der Waals surface area contributed by atoms with E-state index in [0.29, 0.717) is 0 Å². The summed E-state index contributed by atoms with van der Waals surface area (Å²) in [7, 11) is 0. The second-order valence-electron chi connectivity index (χ2n) is 5.13. The Morgan fingerprint density at radius 3 is 2.05 bits per heavy atom. The van der Waals surface area contributed by atoms with Gasteiger partial charge < -0.3 is 9.30 Å². The van der Waals surface area contributed by atoms with Gasteiger partial charge in [0.15, 0.2) is 5.75 Å². The highest BCUT2D eigenvalue weighted by atomic mass is 16.5. The third-order valence-corrected chi connectivity index (χ3v) is 3.68. The Kier molecular flexibility index (Phi) is 3.13. The molecule has 0 bridgehead atoms. The van der Waals surface area contributed by atoms with Crippen molar-refractivity contribution in [2.75, 3.05) is 0 Å². The lowest BCUT2D eigenvalue weighted by molar-refractivity contribution is 0.487. The van der Waals surface area contributed by atoms with Gasteiger partial charge in [0.1, 0.15) is 5.75 Å². The van der Waals surface area contributed by atoms with E-state index in [1.54, 1.807) is 0 Å². The number of ether oxygens (including phenoxy) is 1. The van der Waals surface area contributed by atoms with E-state index >= 15 is 0 Å². The molecule has 4 aromatic rings. The van der Waals surface area contributed by atoms with Crippen molar-refractivity contribution in [3.05, 3.63) is 91.1 Å². The summed E-state index contributed by atoms with van der Waals surface area (Å²) in [5.41, 5.74) is 2.27. The number of benzene rings is 3. The molecule has 0 radical (unpaired) electrons.